The molecule has 2 rings (SSSR count). The number of rotatable bonds is 6. The van der Waals surface area contributed by atoms with E-state index in [1.165, 1.54) is 0 Å². The molecule has 0 fully saturated rings. The predicted octanol–water partition coefficient (Wildman–Crippen LogP) is 1.48. The van der Waals surface area contributed by atoms with Crippen LogP contribution in [0.4, 0.5) is 17.6 Å². The minimum atomic E-state index is 0.233. The Morgan fingerprint density at radius 1 is 1.28 bits per heavy atom. The molecule has 0 amide bonds. The van der Waals surface area contributed by atoms with Crippen molar-refractivity contribution in [2.24, 2.45) is 0 Å². The number of nitrogens with two attached hydrogens (primary N) is 1. The van der Waals surface area contributed by atoms with E-state index in [9.17, 15) is 0 Å². The summed E-state index contributed by atoms with van der Waals surface area (Å²) < 4.78 is 4.98. The van der Waals surface area contributed by atoms with E-state index in [-0.39, 0.29) is 5.95 Å². The van der Waals surface area contributed by atoms with Crippen LogP contribution in [0.3, 0.4) is 0 Å². The Labute approximate surface area is 105 Å². The van der Waals surface area contributed by atoms with E-state index >= 15 is 0 Å². The topological polar surface area (TPSA) is 102 Å². The van der Waals surface area contributed by atoms with Gasteiger partial charge in [0.15, 0.2) is 5.76 Å². The maximum absolute atomic E-state index is 5.64. The highest BCUT2D eigenvalue weighted by atomic mass is 16.5. The zero-order valence-corrected chi connectivity index (χ0v) is 10.2. The molecule has 0 saturated carbocycles. The van der Waals surface area contributed by atoms with E-state index in [4.69, 9.17) is 10.3 Å². The van der Waals surface area contributed by atoms with Gasteiger partial charge in [0, 0.05) is 18.7 Å². The van der Waals surface area contributed by atoms with Gasteiger partial charge in [-0.25, -0.2) is 0 Å². The zero-order valence-electron chi connectivity index (χ0n) is 10.2. The maximum Gasteiger partial charge on any atom is 0.223 e. The monoisotopic (exact) mass is 248 g/mol. The number of nitrogens with zero attached hydrogens (tertiary/aromatic N) is 3. The van der Waals surface area contributed by atoms with Gasteiger partial charge in [0.1, 0.15) is 11.6 Å². The predicted molar refractivity (Wildman–Crippen MR) is 69.1 cm³/mol. The van der Waals surface area contributed by atoms with Gasteiger partial charge >= 0.3 is 0 Å². The molecule has 7 nitrogen and oxygen atoms in total. The average Bonchev–Trinajstić information content (AvgIpc) is 2.86. The van der Waals surface area contributed by atoms with E-state index in [0.29, 0.717) is 18.2 Å². The standard InChI is InChI=1S/C11H16N6O/c1-2-4-13-9-6-10(17-11(12)16-9)14-7-8-3-5-15-18-8/h3,5-6H,2,4,7H2,1H3,(H4,12,13,14,16,17). The van der Waals surface area contributed by atoms with Crippen molar-refractivity contribution in [3.8, 4) is 0 Å². The second kappa shape index (κ2) is 5.85. The highest BCUT2D eigenvalue weighted by Gasteiger charge is 2.03. The average molecular weight is 248 g/mol. The lowest BCUT2D eigenvalue weighted by Crippen LogP contribution is -2.08. The molecule has 0 radical (unpaired) electrons. The quantitative estimate of drug-likeness (QED) is 0.711. The van der Waals surface area contributed by atoms with E-state index in [0.717, 1.165) is 18.7 Å². The van der Waals surface area contributed by atoms with Crippen LogP contribution in [0.1, 0.15) is 19.1 Å². The molecule has 0 aliphatic heterocycles. The van der Waals surface area contributed by atoms with E-state index in [1.54, 1.807) is 12.3 Å². The number of aromatic nitrogens is 3. The van der Waals surface area contributed by atoms with Crippen LogP contribution < -0.4 is 16.4 Å². The Hall–Kier alpha value is -2.31. The molecule has 18 heavy (non-hydrogen) atoms. The summed E-state index contributed by atoms with van der Waals surface area (Å²) in [5.74, 6) is 2.33. The maximum atomic E-state index is 5.64. The van der Waals surface area contributed by atoms with Crippen molar-refractivity contribution in [2.45, 2.75) is 19.9 Å². The molecule has 0 aliphatic rings. The lowest BCUT2D eigenvalue weighted by molar-refractivity contribution is 0.388. The fraction of sp³-hybridized carbons (Fsp3) is 0.364. The molecule has 0 spiro atoms. The summed E-state index contributed by atoms with van der Waals surface area (Å²) in [6.07, 6.45) is 2.62. The lowest BCUT2D eigenvalue weighted by Gasteiger charge is -2.08. The summed E-state index contributed by atoms with van der Waals surface area (Å²) in [5, 5.41) is 9.89. The Morgan fingerprint density at radius 3 is 2.72 bits per heavy atom. The number of hydrogen-bond donors (Lipinski definition) is 3. The largest absolute Gasteiger partial charge is 0.370 e. The first-order valence-corrected chi connectivity index (χ1v) is 5.80. The van der Waals surface area contributed by atoms with E-state index in [1.807, 2.05) is 6.07 Å². The van der Waals surface area contributed by atoms with Crippen molar-refractivity contribution in [1.29, 1.82) is 0 Å². The number of hydrogen-bond acceptors (Lipinski definition) is 7. The molecule has 0 aliphatic carbocycles. The third kappa shape index (κ3) is 3.34. The zero-order chi connectivity index (χ0) is 12.8. The first-order valence-electron chi connectivity index (χ1n) is 5.80. The van der Waals surface area contributed by atoms with Gasteiger partial charge in [-0.05, 0) is 6.42 Å². The number of nitrogens with one attached hydrogen (secondary N) is 2. The van der Waals surface area contributed by atoms with Crippen molar-refractivity contribution in [3.05, 3.63) is 24.1 Å². The number of anilines is 3. The fourth-order valence-corrected chi connectivity index (χ4v) is 1.41. The summed E-state index contributed by atoms with van der Waals surface area (Å²) in [6.45, 7) is 3.43. The van der Waals surface area contributed by atoms with Crippen LogP contribution in [0.2, 0.25) is 0 Å². The number of nitrogen functional groups attached to an aromatic ring is 1. The van der Waals surface area contributed by atoms with Crippen LogP contribution in [-0.2, 0) is 6.54 Å². The van der Waals surface area contributed by atoms with Crippen molar-refractivity contribution in [3.63, 3.8) is 0 Å². The van der Waals surface area contributed by atoms with Gasteiger partial charge in [0.2, 0.25) is 5.95 Å². The summed E-state index contributed by atoms with van der Waals surface area (Å²) in [6, 6.07) is 3.59. The van der Waals surface area contributed by atoms with Crippen LogP contribution in [-0.4, -0.2) is 21.7 Å². The first kappa shape index (κ1) is 12.2. The third-order valence-electron chi connectivity index (χ3n) is 2.23. The molecular weight excluding hydrogens is 232 g/mol. The Bertz CT molecular complexity index is 484. The molecule has 0 saturated heterocycles. The highest BCUT2D eigenvalue weighted by molar-refractivity contribution is 5.50. The summed E-state index contributed by atoms with van der Waals surface area (Å²) in [7, 11) is 0. The molecule has 0 bridgehead atoms. The molecule has 7 heteroatoms. The SMILES string of the molecule is CCCNc1cc(NCc2ccno2)nc(N)n1. The summed E-state index contributed by atoms with van der Waals surface area (Å²) in [4.78, 5) is 8.19. The summed E-state index contributed by atoms with van der Waals surface area (Å²) in [5.41, 5.74) is 5.64. The minimum absolute atomic E-state index is 0.233. The molecule has 2 aromatic rings. The summed E-state index contributed by atoms with van der Waals surface area (Å²) >= 11 is 0. The van der Waals surface area contributed by atoms with Gasteiger partial charge in [-0.3, -0.25) is 0 Å². The van der Waals surface area contributed by atoms with Gasteiger partial charge in [-0.1, -0.05) is 12.1 Å². The lowest BCUT2D eigenvalue weighted by atomic mass is 10.4. The van der Waals surface area contributed by atoms with E-state index in [2.05, 4.69) is 32.7 Å². The van der Waals surface area contributed by atoms with E-state index < -0.39 is 0 Å². The van der Waals surface area contributed by atoms with Gasteiger partial charge in [-0.15, -0.1) is 0 Å². The Balaban J connectivity index is 2.00. The molecule has 4 N–H and O–H groups in total. The molecule has 0 unspecified atom stereocenters. The first-order chi connectivity index (χ1) is 8.78. The molecule has 2 aromatic heterocycles. The molecular formula is C11H16N6O. The highest BCUT2D eigenvalue weighted by Crippen LogP contribution is 2.13. The third-order valence-corrected chi connectivity index (χ3v) is 2.23. The smallest absolute Gasteiger partial charge is 0.223 e. The molecule has 96 valence electrons. The Morgan fingerprint density at radius 2 is 2.06 bits per heavy atom. The second-order valence-electron chi connectivity index (χ2n) is 3.76. The van der Waals surface area contributed by atoms with Gasteiger partial charge in [-0.2, -0.15) is 9.97 Å². The van der Waals surface area contributed by atoms with Crippen LogP contribution in [0.25, 0.3) is 0 Å². The van der Waals surface area contributed by atoms with Crippen LogP contribution in [0.15, 0.2) is 22.9 Å². The second-order valence-corrected chi connectivity index (χ2v) is 3.76. The molecule has 2 heterocycles. The fourth-order valence-electron chi connectivity index (χ4n) is 1.41. The molecule has 0 atom stereocenters. The molecule has 0 aromatic carbocycles. The Kier molecular flexibility index (Phi) is 3.95. The van der Waals surface area contributed by atoms with Crippen LogP contribution in [0, 0.1) is 0 Å². The van der Waals surface area contributed by atoms with Crippen molar-refractivity contribution >= 4 is 17.6 Å². The van der Waals surface area contributed by atoms with Crippen molar-refractivity contribution in [2.75, 3.05) is 22.9 Å². The van der Waals surface area contributed by atoms with Crippen LogP contribution >= 0.6 is 0 Å². The van der Waals surface area contributed by atoms with Crippen LogP contribution in [0.5, 0.6) is 0 Å². The van der Waals surface area contributed by atoms with Gasteiger partial charge in [0.25, 0.3) is 0 Å². The normalized spacial score (nSPS) is 10.3. The van der Waals surface area contributed by atoms with Crippen molar-refractivity contribution in [1.82, 2.24) is 15.1 Å². The minimum Gasteiger partial charge on any atom is -0.370 e. The van der Waals surface area contributed by atoms with Gasteiger partial charge < -0.3 is 20.9 Å². The van der Waals surface area contributed by atoms with Crippen molar-refractivity contribution < 1.29 is 4.52 Å². The van der Waals surface area contributed by atoms with Gasteiger partial charge in [0.05, 0.1) is 12.7 Å².